The Balaban J connectivity index is 0.00000220. The van der Waals surface area contributed by atoms with Gasteiger partial charge in [0.15, 0.2) is 6.54 Å². The lowest BCUT2D eigenvalue weighted by Gasteiger charge is -2.18. The number of hydrogen-bond donors (Lipinski definition) is 1. The van der Waals surface area contributed by atoms with E-state index >= 15 is 0 Å². The molecule has 21 heavy (non-hydrogen) atoms. The van der Waals surface area contributed by atoms with Crippen molar-refractivity contribution in [2.75, 3.05) is 13.7 Å². The standard InChI is InChI=1S/C17H19NO2.BrH/c1-20-17(19)14-18(12-15-8-4-2-5-9-15)13-16-10-6-3-7-11-16;/h2-11H,12-14H2,1H3;1H/p+1. The highest BCUT2D eigenvalue weighted by Crippen LogP contribution is 1.98. The number of rotatable bonds is 6. The fourth-order valence-corrected chi connectivity index (χ4v) is 2.23. The van der Waals surface area contributed by atoms with Gasteiger partial charge in [0.1, 0.15) is 13.1 Å². The average molecular weight is 351 g/mol. The van der Waals surface area contributed by atoms with Crippen LogP contribution in [0.25, 0.3) is 0 Å². The van der Waals surface area contributed by atoms with E-state index in [0.29, 0.717) is 6.54 Å². The van der Waals surface area contributed by atoms with Gasteiger partial charge in [-0.1, -0.05) is 60.7 Å². The summed E-state index contributed by atoms with van der Waals surface area (Å²) in [5.74, 6) is -0.174. The number of carbonyl (C=O) groups is 1. The number of quaternary nitrogens is 1. The zero-order chi connectivity index (χ0) is 14.2. The molecular weight excluding hydrogens is 330 g/mol. The maximum Gasteiger partial charge on any atom is 0.361 e. The van der Waals surface area contributed by atoms with Crippen LogP contribution in [0.4, 0.5) is 0 Å². The molecule has 0 radical (unpaired) electrons. The second-order valence-corrected chi connectivity index (χ2v) is 4.83. The van der Waals surface area contributed by atoms with Crippen molar-refractivity contribution in [1.29, 1.82) is 0 Å². The van der Waals surface area contributed by atoms with Crippen LogP contribution in [-0.4, -0.2) is 19.6 Å². The van der Waals surface area contributed by atoms with Gasteiger partial charge in [-0.3, -0.25) is 0 Å². The number of halogens is 1. The summed E-state index contributed by atoms with van der Waals surface area (Å²) >= 11 is 0. The Hall–Kier alpha value is -1.65. The van der Waals surface area contributed by atoms with Crippen LogP contribution in [0.5, 0.6) is 0 Å². The lowest BCUT2D eigenvalue weighted by molar-refractivity contribution is -0.920. The van der Waals surface area contributed by atoms with Crippen molar-refractivity contribution in [3.05, 3.63) is 71.8 Å². The quantitative estimate of drug-likeness (QED) is 0.808. The van der Waals surface area contributed by atoms with Gasteiger partial charge in [0.25, 0.3) is 0 Å². The van der Waals surface area contributed by atoms with E-state index in [9.17, 15) is 4.79 Å². The molecule has 0 fully saturated rings. The normalized spacial score (nSPS) is 10.0. The van der Waals surface area contributed by atoms with Crippen LogP contribution < -0.4 is 4.90 Å². The van der Waals surface area contributed by atoms with Gasteiger partial charge in [0.2, 0.25) is 0 Å². The van der Waals surface area contributed by atoms with Crippen molar-refractivity contribution >= 4 is 23.0 Å². The molecule has 0 heterocycles. The van der Waals surface area contributed by atoms with Crippen LogP contribution in [0, 0.1) is 0 Å². The fraction of sp³-hybridized carbons (Fsp3) is 0.235. The van der Waals surface area contributed by atoms with Crippen LogP contribution >= 0.6 is 17.0 Å². The first-order valence-electron chi connectivity index (χ1n) is 6.76. The van der Waals surface area contributed by atoms with Crippen molar-refractivity contribution < 1.29 is 14.4 Å². The van der Waals surface area contributed by atoms with E-state index in [1.807, 2.05) is 36.4 Å². The highest BCUT2D eigenvalue weighted by atomic mass is 79.9. The summed E-state index contributed by atoms with van der Waals surface area (Å²) in [7, 11) is 1.44. The summed E-state index contributed by atoms with van der Waals surface area (Å²) in [6, 6.07) is 20.4. The fourth-order valence-electron chi connectivity index (χ4n) is 2.23. The molecule has 1 N–H and O–H groups in total. The number of benzene rings is 2. The smallest absolute Gasteiger partial charge is 0.361 e. The van der Waals surface area contributed by atoms with Crippen LogP contribution in [-0.2, 0) is 22.6 Å². The number of hydrogen-bond acceptors (Lipinski definition) is 2. The van der Waals surface area contributed by atoms with Crippen LogP contribution in [0.1, 0.15) is 11.1 Å². The molecule has 0 spiro atoms. The molecule has 0 aromatic heterocycles. The highest BCUT2D eigenvalue weighted by Gasteiger charge is 2.15. The van der Waals surface area contributed by atoms with Gasteiger partial charge in [-0.05, 0) is 0 Å². The first-order valence-corrected chi connectivity index (χ1v) is 6.76. The van der Waals surface area contributed by atoms with Gasteiger partial charge in [-0.25, -0.2) is 4.79 Å². The number of carbonyl (C=O) groups excluding carboxylic acids is 1. The molecule has 0 aliphatic heterocycles. The third kappa shape index (κ3) is 6.10. The molecule has 112 valence electrons. The molecule has 0 bridgehead atoms. The molecule has 2 aromatic rings. The maximum atomic E-state index is 11.6. The van der Waals surface area contributed by atoms with E-state index in [2.05, 4.69) is 24.3 Å². The van der Waals surface area contributed by atoms with Gasteiger partial charge < -0.3 is 9.64 Å². The molecule has 0 amide bonds. The van der Waals surface area contributed by atoms with Crippen LogP contribution in [0.3, 0.4) is 0 Å². The predicted octanol–water partition coefficient (Wildman–Crippen LogP) is 2.02. The summed E-state index contributed by atoms with van der Waals surface area (Å²) in [5.41, 5.74) is 2.45. The lowest BCUT2D eigenvalue weighted by Crippen LogP contribution is -3.10. The Kier molecular flexibility index (Phi) is 7.72. The number of esters is 1. The molecule has 0 saturated carbocycles. The number of methoxy groups -OCH3 is 1. The minimum absolute atomic E-state index is 0. The van der Waals surface area contributed by atoms with Gasteiger partial charge in [0, 0.05) is 11.1 Å². The Morgan fingerprint density at radius 3 is 1.71 bits per heavy atom. The molecule has 2 aromatic carbocycles. The van der Waals surface area contributed by atoms with E-state index in [0.717, 1.165) is 13.1 Å². The summed E-state index contributed by atoms with van der Waals surface area (Å²) in [4.78, 5) is 12.7. The summed E-state index contributed by atoms with van der Waals surface area (Å²) < 4.78 is 4.80. The van der Waals surface area contributed by atoms with Crippen molar-refractivity contribution in [2.24, 2.45) is 0 Å². The maximum absolute atomic E-state index is 11.6. The van der Waals surface area contributed by atoms with E-state index < -0.39 is 0 Å². The Labute approximate surface area is 136 Å². The van der Waals surface area contributed by atoms with Gasteiger partial charge in [0.05, 0.1) is 7.11 Å². The van der Waals surface area contributed by atoms with Gasteiger partial charge >= 0.3 is 5.97 Å². The topological polar surface area (TPSA) is 30.7 Å². The van der Waals surface area contributed by atoms with Crippen molar-refractivity contribution in [3.8, 4) is 0 Å². The summed E-state index contributed by atoms with van der Waals surface area (Å²) in [5, 5.41) is 0. The molecule has 4 heteroatoms. The van der Waals surface area contributed by atoms with Crippen molar-refractivity contribution in [1.82, 2.24) is 0 Å². The second kappa shape index (κ2) is 9.32. The number of ether oxygens (including phenoxy) is 1. The SMILES string of the molecule is Br.COC(=O)C[NH+](Cc1ccccc1)Cc1ccccc1. The van der Waals surface area contributed by atoms with Crippen molar-refractivity contribution in [2.45, 2.75) is 13.1 Å². The minimum atomic E-state index is -0.174. The zero-order valence-electron chi connectivity index (χ0n) is 12.1. The summed E-state index contributed by atoms with van der Waals surface area (Å²) in [6.07, 6.45) is 0. The second-order valence-electron chi connectivity index (χ2n) is 4.83. The van der Waals surface area contributed by atoms with E-state index in [-0.39, 0.29) is 23.0 Å². The Morgan fingerprint density at radius 2 is 1.33 bits per heavy atom. The van der Waals surface area contributed by atoms with Crippen LogP contribution in [0.2, 0.25) is 0 Å². The van der Waals surface area contributed by atoms with Crippen molar-refractivity contribution in [3.63, 3.8) is 0 Å². The molecule has 3 nitrogen and oxygen atoms in total. The molecule has 0 saturated heterocycles. The molecule has 2 rings (SSSR count). The molecule has 0 aliphatic carbocycles. The van der Waals surface area contributed by atoms with Gasteiger partial charge in [-0.2, -0.15) is 0 Å². The zero-order valence-corrected chi connectivity index (χ0v) is 13.8. The third-order valence-corrected chi connectivity index (χ3v) is 3.22. The van der Waals surface area contributed by atoms with E-state index in [1.54, 1.807) is 0 Å². The van der Waals surface area contributed by atoms with Crippen LogP contribution in [0.15, 0.2) is 60.7 Å². The monoisotopic (exact) mass is 350 g/mol. The third-order valence-electron chi connectivity index (χ3n) is 3.22. The lowest BCUT2D eigenvalue weighted by atomic mass is 10.1. The molecule has 0 atom stereocenters. The molecule has 0 aliphatic rings. The predicted molar refractivity (Wildman–Crippen MR) is 88.5 cm³/mol. The average Bonchev–Trinajstić information content (AvgIpc) is 2.49. The number of nitrogens with one attached hydrogen (secondary N) is 1. The largest absolute Gasteiger partial charge is 0.465 e. The van der Waals surface area contributed by atoms with E-state index in [4.69, 9.17) is 4.74 Å². The first-order chi connectivity index (χ1) is 9.78. The summed E-state index contributed by atoms with van der Waals surface area (Å²) in [6.45, 7) is 2.00. The molecular formula is C17H21BrNO2+. The molecule has 0 unspecified atom stereocenters. The Bertz CT molecular complexity index is 490. The Morgan fingerprint density at radius 1 is 0.905 bits per heavy atom. The highest BCUT2D eigenvalue weighted by molar-refractivity contribution is 8.93. The van der Waals surface area contributed by atoms with E-state index in [1.165, 1.54) is 23.1 Å². The van der Waals surface area contributed by atoms with Gasteiger partial charge in [-0.15, -0.1) is 17.0 Å². The first kappa shape index (κ1) is 17.4. The minimum Gasteiger partial charge on any atom is -0.465 e.